The maximum Gasteiger partial charge on any atom is 0.0949 e. The molecule has 4 heteroatoms. The second-order valence-electron chi connectivity index (χ2n) is 5.90. The molecule has 0 radical (unpaired) electrons. The summed E-state index contributed by atoms with van der Waals surface area (Å²) in [5, 5.41) is 3.89. The van der Waals surface area contributed by atoms with Gasteiger partial charge >= 0.3 is 0 Å². The Hall–Kier alpha value is -0.870. The van der Waals surface area contributed by atoms with Crippen LogP contribution in [-0.2, 0) is 4.74 Å². The molecule has 0 amide bonds. The van der Waals surface area contributed by atoms with Crippen LogP contribution in [0.1, 0.15) is 51.5 Å². The second-order valence-corrected chi connectivity index (χ2v) is 5.90. The summed E-state index contributed by atoms with van der Waals surface area (Å²) in [4.78, 5) is 4.19. The Morgan fingerprint density at radius 1 is 1.37 bits per heavy atom. The number of aromatic nitrogens is 2. The van der Waals surface area contributed by atoms with Crippen LogP contribution < -0.4 is 5.32 Å². The van der Waals surface area contributed by atoms with E-state index in [1.54, 1.807) is 0 Å². The van der Waals surface area contributed by atoms with Gasteiger partial charge in [0.05, 0.1) is 12.4 Å². The molecule has 2 aliphatic rings. The molecule has 1 N–H and O–H groups in total. The number of nitrogens with one attached hydrogen (secondary N) is 1. The number of hydrogen-bond acceptors (Lipinski definition) is 3. The third-order valence-electron chi connectivity index (χ3n) is 4.66. The molecule has 0 spiro atoms. The van der Waals surface area contributed by atoms with E-state index >= 15 is 0 Å². The molecule has 1 saturated carbocycles. The van der Waals surface area contributed by atoms with Crippen molar-refractivity contribution in [2.45, 2.75) is 69.7 Å². The Morgan fingerprint density at radius 3 is 3.11 bits per heavy atom. The fraction of sp³-hybridized carbons (Fsp3) is 0.800. The monoisotopic (exact) mass is 263 g/mol. The van der Waals surface area contributed by atoms with Crippen LogP contribution in [-0.4, -0.2) is 34.3 Å². The third-order valence-corrected chi connectivity index (χ3v) is 4.66. The van der Waals surface area contributed by atoms with Gasteiger partial charge in [-0.2, -0.15) is 0 Å². The van der Waals surface area contributed by atoms with Gasteiger partial charge in [-0.1, -0.05) is 6.92 Å². The highest BCUT2D eigenvalue weighted by atomic mass is 16.5. The number of ether oxygens (including phenoxy) is 1. The van der Waals surface area contributed by atoms with Gasteiger partial charge in [0.15, 0.2) is 0 Å². The summed E-state index contributed by atoms with van der Waals surface area (Å²) in [5.41, 5.74) is 0. The van der Waals surface area contributed by atoms with E-state index in [0.29, 0.717) is 24.2 Å². The predicted octanol–water partition coefficient (Wildman–Crippen LogP) is 2.52. The number of nitrogens with zero attached hydrogens (tertiary/aromatic N) is 2. The molecule has 1 aromatic heterocycles. The Balaban J connectivity index is 1.59. The normalized spacial score (nSPS) is 35.6. The fourth-order valence-corrected chi connectivity index (χ4v) is 3.58. The van der Waals surface area contributed by atoms with Crippen molar-refractivity contribution in [3.05, 3.63) is 18.7 Å². The van der Waals surface area contributed by atoms with Crippen molar-refractivity contribution in [1.29, 1.82) is 0 Å². The lowest BCUT2D eigenvalue weighted by Crippen LogP contribution is -2.45. The zero-order valence-corrected chi connectivity index (χ0v) is 11.8. The first kappa shape index (κ1) is 13.1. The van der Waals surface area contributed by atoms with Crippen LogP contribution in [0.5, 0.6) is 0 Å². The van der Waals surface area contributed by atoms with E-state index < -0.39 is 0 Å². The first-order valence-corrected chi connectivity index (χ1v) is 7.72. The molecule has 3 rings (SSSR count). The lowest BCUT2D eigenvalue weighted by molar-refractivity contribution is -0.00262. The standard InChI is InChI=1S/C15H25N3O/c1-2-13-10-12(6-9-19-13)17-14-4-3-5-15(14)18-8-7-16-11-18/h7-8,11-15,17H,2-6,9-10H2,1H3. The molecular formula is C15H25N3O. The molecule has 0 aromatic carbocycles. The Kier molecular flexibility index (Phi) is 4.18. The van der Waals surface area contributed by atoms with Crippen molar-refractivity contribution in [2.24, 2.45) is 0 Å². The van der Waals surface area contributed by atoms with E-state index in [1.165, 1.54) is 25.7 Å². The van der Waals surface area contributed by atoms with Gasteiger partial charge in [-0.25, -0.2) is 4.98 Å². The van der Waals surface area contributed by atoms with E-state index in [-0.39, 0.29) is 0 Å². The Labute approximate surface area is 115 Å². The van der Waals surface area contributed by atoms with E-state index in [1.807, 2.05) is 12.5 Å². The SMILES string of the molecule is CCC1CC(NC2CCCC2n2ccnc2)CCO1. The molecule has 4 nitrogen and oxygen atoms in total. The lowest BCUT2D eigenvalue weighted by atomic mass is 9.99. The highest BCUT2D eigenvalue weighted by Gasteiger charge is 2.31. The van der Waals surface area contributed by atoms with Crippen LogP contribution in [0.4, 0.5) is 0 Å². The van der Waals surface area contributed by atoms with Crippen molar-refractivity contribution in [3.63, 3.8) is 0 Å². The minimum atomic E-state index is 0.458. The van der Waals surface area contributed by atoms with E-state index in [0.717, 1.165) is 19.4 Å². The van der Waals surface area contributed by atoms with Gasteiger partial charge in [0.2, 0.25) is 0 Å². The molecule has 1 aliphatic heterocycles. The third kappa shape index (κ3) is 3.00. The average molecular weight is 263 g/mol. The first-order valence-electron chi connectivity index (χ1n) is 7.72. The molecule has 1 saturated heterocycles. The number of imidazole rings is 1. The van der Waals surface area contributed by atoms with Crippen molar-refractivity contribution in [2.75, 3.05) is 6.61 Å². The zero-order valence-electron chi connectivity index (χ0n) is 11.8. The van der Waals surface area contributed by atoms with Crippen LogP contribution in [0.3, 0.4) is 0 Å². The molecule has 0 bridgehead atoms. The summed E-state index contributed by atoms with van der Waals surface area (Å²) in [6.45, 7) is 3.13. The average Bonchev–Trinajstić information content (AvgIpc) is 3.09. The molecule has 4 atom stereocenters. The molecule has 2 fully saturated rings. The van der Waals surface area contributed by atoms with Crippen molar-refractivity contribution >= 4 is 0 Å². The quantitative estimate of drug-likeness (QED) is 0.907. The maximum atomic E-state index is 5.77. The molecule has 19 heavy (non-hydrogen) atoms. The lowest BCUT2D eigenvalue weighted by Gasteiger charge is -2.33. The van der Waals surface area contributed by atoms with E-state index in [2.05, 4.69) is 28.0 Å². The molecule has 106 valence electrons. The van der Waals surface area contributed by atoms with Crippen LogP contribution in [0, 0.1) is 0 Å². The van der Waals surface area contributed by atoms with Gasteiger partial charge in [-0.05, 0) is 38.5 Å². The van der Waals surface area contributed by atoms with Crippen LogP contribution >= 0.6 is 0 Å². The van der Waals surface area contributed by atoms with Gasteiger partial charge in [-0.15, -0.1) is 0 Å². The van der Waals surface area contributed by atoms with Crippen LogP contribution in [0.2, 0.25) is 0 Å². The topological polar surface area (TPSA) is 39.1 Å². The molecule has 4 unspecified atom stereocenters. The van der Waals surface area contributed by atoms with Gasteiger partial charge in [0.25, 0.3) is 0 Å². The summed E-state index contributed by atoms with van der Waals surface area (Å²) in [6, 6.07) is 1.83. The van der Waals surface area contributed by atoms with E-state index in [4.69, 9.17) is 4.74 Å². The Bertz CT molecular complexity index is 379. The van der Waals surface area contributed by atoms with Gasteiger partial charge in [-0.3, -0.25) is 0 Å². The van der Waals surface area contributed by atoms with Crippen molar-refractivity contribution < 1.29 is 4.74 Å². The largest absolute Gasteiger partial charge is 0.378 e. The molecule has 1 aliphatic carbocycles. The van der Waals surface area contributed by atoms with Gasteiger partial charge in [0.1, 0.15) is 0 Å². The molecule has 2 heterocycles. The summed E-state index contributed by atoms with van der Waals surface area (Å²) in [6.07, 6.45) is 13.7. The zero-order chi connectivity index (χ0) is 13.1. The Morgan fingerprint density at radius 2 is 2.32 bits per heavy atom. The first-order chi connectivity index (χ1) is 9.36. The number of rotatable bonds is 4. The van der Waals surface area contributed by atoms with Crippen molar-refractivity contribution in [3.8, 4) is 0 Å². The van der Waals surface area contributed by atoms with Crippen LogP contribution in [0.15, 0.2) is 18.7 Å². The second kappa shape index (κ2) is 6.06. The van der Waals surface area contributed by atoms with Gasteiger partial charge in [0, 0.05) is 37.1 Å². The smallest absolute Gasteiger partial charge is 0.0949 e. The van der Waals surface area contributed by atoms with Crippen molar-refractivity contribution in [1.82, 2.24) is 14.9 Å². The van der Waals surface area contributed by atoms with Crippen LogP contribution in [0.25, 0.3) is 0 Å². The molecular weight excluding hydrogens is 238 g/mol. The maximum absolute atomic E-state index is 5.77. The summed E-state index contributed by atoms with van der Waals surface area (Å²) < 4.78 is 8.04. The van der Waals surface area contributed by atoms with E-state index in [9.17, 15) is 0 Å². The number of hydrogen-bond donors (Lipinski definition) is 1. The fourth-order valence-electron chi connectivity index (χ4n) is 3.58. The van der Waals surface area contributed by atoms with Gasteiger partial charge < -0.3 is 14.6 Å². The molecule has 1 aromatic rings. The summed E-state index contributed by atoms with van der Waals surface area (Å²) >= 11 is 0. The predicted molar refractivity (Wildman–Crippen MR) is 75.1 cm³/mol. The minimum absolute atomic E-state index is 0.458. The highest BCUT2D eigenvalue weighted by molar-refractivity contribution is 4.93. The highest BCUT2D eigenvalue weighted by Crippen LogP contribution is 2.31. The summed E-state index contributed by atoms with van der Waals surface area (Å²) in [7, 11) is 0. The summed E-state index contributed by atoms with van der Waals surface area (Å²) in [5.74, 6) is 0. The minimum Gasteiger partial charge on any atom is -0.378 e.